The summed E-state index contributed by atoms with van der Waals surface area (Å²) in [4.78, 5) is 17.0. The maximum Gasteiger partial charge on any atom is 0.432 e. The number of rotatable bonds is 1. The zero-order chi connectivity index (χ0) is 18.6. The van der Waals surface area contributed by atoms with Crippen LogP contribution in [-0.4, -0.2) is 32.5 Å². The minimum Gasteiger partial charge on any atom is -0.356 e. The predicted molar refractivity (Wildman–Crippen MR) is 85.0 cm³/mol. The SMILES string of the molecule is Cc1ccc(F)c2[nH]c3c(c12)CN(C(=O)c1cc(C(F)(F)F)[nH]n1)CC3. The molecule has 26 heavy (non-hydrogen) atoms. The van der Waals surface area contributed by atoms with Crippen LogP contribution in [-0.2, 0) is 19.1 Å². The van der Waals surface area contributed by atoms with E-state index in [-0.39, 0.29) is 18.1 Å². The summed E-state index contributed by atoms with van der Waals surface area (Å²) in [5, 5.41) is 6.06. The van der Waals surface area contributed by atoms with Gasteiger partial charge in [-0.3, -0.25) is 9.89 Å². The van der Waals surface area contributed by atoms with Gasteiger partial charge in [-0.15, -0.1) is 0 Å². The van der Waals surface area contributed by atoms with E-state index in [4.69, 9.17) is 0 Å². The van der Waals surface area contributed by atoms with E-state index in [1.54, 1.807) is 6.07 Å². The van der Waals surface area contributed by atoms with Crippen LogP contribution >= 0.6 is 0 Å². The van der Waals surface area contributed by atoms with Gasteiger partial charge in [-0.2, -0.15) is 18.3 Å². The third kappa shape index (κ3) is 2.54. The van der Waals surface area contributed by atoms with Gasteiger partial charge < -0.3 is 9.88 Å². The van der Waals surface area contributed by atoms with Gasteiger partial charge in [-0.1, -0.05) is 6.07 Å². The zero-order valence-electron chi connectivity index (χ0n) is 13.7. The molecule has 3 aromatic rings. The number of benzene rings is 1. The van der Waals surface area contributed by atoms with Crippen LogP contribution in [0, 0.1) is 12.7 Å². The molecule has 1 aromatic carbocycles. The van der Waals surface area contributed by atoms with Gasteiger partial charge in [0.2, 0.25) is 0 Å². The summed E-state index contributed by atoms with van der Waals surface area (Å²) >= 11 is 0. The van der Waals surface area contributed by atoms with Crippen LogP contribution in [0.1, 0.15) is 33.0 Å². The molecule has 1 amide bonds. The number of hydrogen-bond acceptors (Lipinski definition) is 2. The Hall–Kier alpha value is -2.84. The van der Waals surface area contributed by atoms with E-state index < -0.39 is 17.8 Å². The summed E-state index contributed by atoms with van der Waals surface area (Å²) in [6.07, 6.45) is -4.13. The third-order valence-corrected chi connectivity index (χ3v) is 4.68. The number of carbonyl (C=O) groups excluding carboxylic acids is 1. The third-order valence-electron chi connectivity index (χ3n) is 4.68. The van der Waals surface area contributed by atoms with Crippen LogP contribution in [0.3, 0.4) is 0 Å². The molecule has 0 fully saturated rings. The summed E-state index contributed by atoms with van der Waals surface area (Å²) in [5.41, 5.74) is 1.54. The normalized spacial score (nSPS) is 14.7. The van der Waals surface area contributed by atoms with Crippen LogP contribution in [0.25, 0.3) is 10.9 Å². The van der Waals surface area contributed by atoms with E-state index >= 15 is 0 Å². The number of amides is 1. The van der Waals surface area contributed by atoms with Crippen molar-refractivity contribution >= 4 is 16.8 Å². The number of carbonyl (C=O) groups is 1. The number of aryl methyl sites for hydroxylation is 1. The topological polar surface area (TPSA) is 64.8 Å². The lowest BCUT2D eigenvalue weighted by Gasteiger charge is -2.26. The highest BCUT2D eigenvalue weighted by molar-refractivity contribution is 5.94. The molecule has 1 aliphatic rings. The van der Waals surface area contributed by atoms with Crippen molar-refractivity contribution < 1.29 is 22.4 Å². The molecule has 4 rings (SSSR count). The van der Waals surface area contributed by atoms with Crippen molar-refractivity contribution in [2.75, 3.05) is 6.54 Å². The van der Waals surface area contributed by atoms with Crippen molar-refractivity contribution in [3.05, 3.63) is 52.2 Å². The molecule has 0 radical (unpaired) electrons. The minimum absolute atomic E-state index is 0.187. The van der Waals surface area contributed by atoms with Gasteiger partial charge in [-0.25, -0.2) is 4.39 Å². The Morgan fingerprint density at radius 1 is 1.31 bits per heavy atom. The van der Waals surface area contributed by atoms with Crippen molar-refractivity contribution in [3.8, 4) is 0 Å². The molecule has 2 aromatic heterocycles. The van der Waals surface area contributed by atoms with Gasteiger partial charge >= 0.3 is 6.18 Å². The lowest BCUT2D eigenvalue weighted by Crippen LogP contribution is -2.36. The standard InChI is InChI=1S/C17H14F4N4O/c1-8-2-3-10(18)15-14(8)9-7-25(5-4-11(9)22-15)16(26)12-6-13(24-23-12)17(19,20)21/h2-3,6,22H,4-5,7H2,1H3,(H,23,24). The van der Waals surface area contributed by atoms with Gasteiger partial charge in [-0.05, 0) is 18.6 Å². The molecule has 0 saturated carbocycles. The molecule has 5 nitrogen and oxygen atoms in total. The highest BCUT2D eigenvalue weighted by atomic mass is 19.4. The number of fused-ring (bicyclic) bond motifs is 3. The van der Waals surface area contributed by atoms with E-state index in [0.29, 0.717) is 24.5 Å². The van der Waals surface area contributed by atoms with Crippen molar-refractivity contribution in [2.24, 2.45) is 0 Å². The maximum absolute atomic E-state index is 14.1. The number of H-pyrrole nitrogens is 2. The van der Waals surface area contributed by atoms with Gasteiger partial charge in [0.15, 0.2) is 5.69 Å². The summed E-state index contributed by atoms with van der Waals surface area (Å²) in [6.45, 7) is 2.35. The van der Waals surface area contributed by atoms with Crippen LogP contribution in [0.4, 0.5) is 17.6 Å². The number of alkyl halides is 3. The van der Waals surface area contributed by atoms with E-state index in [2.05, 4.69) is 10.1 Å². The molecule has 3 heterocycles. The van der Waals surface area contributed by atoms with Crippen LogP contribution in [0.5, 0.6) is 0 Å². The lowest BCUT2D eigenvalue weighted by molar-refractivity contribution is -0.141. The number of halogens is 4. The summed E-state index contributed by atoms with van der Waals surface area (Å²) in [7, 11) is 0. The first-order valence-corrected chi connectivity index (χ1v) is 7.96. The molecule has 0 bridgehead atoms. The Kier molecular flexibility index (Phi) is 3.57. The summed E-state index contributed by atoms with van der Waals surface area (Å²) < 4.78 is 52.1. The Morgan fingerprint density at radius 3 is 2.77 bits per heavy atom. The lowest BCUT2D eigenvalue weighted by atomic mass is 10.0. The molecule has 2 N–H and O–H groups in total. The zero-order valence-corrected chi connectivity index (χ0v) is 13.7. The highest BCUT2D eigenvalue weighted by Crippen LogP contribution is 2.32. The van der Waals surface area contributed by atoms with Gasteiger partial charge in [0.25, 0.3) is 5.91 Å². The average molecular weight is 366 g/mol. The summed E-state index contributed by atoms with van der Waals surface area (Å²) in [5.74, 6) is -0.967. The smallest absolute Gasteiger partial charge is 0.356 e. The second-order valence-electron chi connectivity index (χ2n) is 6.34. The Balaban J connectivity index is 1.67. The molecule has 1 aliphatic heterocycles. The van der Waals surface area contributed by atoms with Crippen molar-refractivity contribution in [3.63, 3.8) is 0 Å². The molecule has 0 saturated heterocycles. The quantitative estimate of drug-likeness (QED) is 0.647. The fraction of sp³-hybridized carbons (Fsp3) is 0.294. The maximum atomic E-state index is 14.1. The first-order chi connectivity index (χ1) is 12.3. The molecular formula is C17H14F4N4O. The van der Waals surface area contributed by atoms with Gasteiger partial charge in [0, 0.05) is 42.2 Å². The molecule has 0 aliphatic carbocycles. The first-order valence-electron chi connectivity index (χ1n) is 7.96. The number of aromatic amines is 2. The van der Waals surface area contributed by atoms with Crippen LogP contribution in [0.2, 0.25) is 0 Å². The van der Waals surface area contributed by atoms with Crippen LogP contribution < -0.4 is 0 Å². The van der Waals surface area contributed by atoms with E-state index in [9.17, 15) is 22.4 Å². The van der Waals surface area contributed by atoms with E-state index in [1.807, 2.05) is 12.0 Å². The van der Waals surface area contributed by atoms with E-state index in [0.717, 1.165) is 22.2 Å². The van der Waals surface area contributed by atoms with Gasteiger partial charge in [0.1, 0.15) is 11.5 Å². The van der Waals surface area contributed by atoms with Crippen molar-refractivity contribution in [1.82, 2.24) is 20.1 Å². The first kappa shape index (κ1) is 16.6. The number of nitrogens with one attached hydrogen (secondary N) is 2. The molecule has 9 heteroatoms. The van der Waals surface area contributed by atoms with E-state index in [1.165, 1.54) is 11.0 Å². The second kappa shape index (κ2) is 5.58. The second-order valence-corrected chi connectivity index (χ2v) is 6.34. The highest BCUT2D eigenvalue weighted by Gasteiger charge is 2.35. The Labute approximate surface area is 145 Å². The molecule has 0 atom stereocenters. The Morgan fingerprint density at radius 2 is 2.08 bits per heavy atom. The number of nitrogens with zero attached hydrogens (tertiary/aromatic N) is 2. The Bertz CT molecular complexity index is 1020. The number of hydrogen-bond donors (Lipinski definition) is 2. The summed E-state index contributed by atoms with van der Waals surface area (Å²) in [6, 6.07) is 3.75. The number of aromatic nitrogens is 3. The van der Waals surface area contributed by atoms with Crippen LogP contribution in [0.15, 0.2) is 18.2 Å². The fourth-order valence-corrected chi connectivity index (χ4v) is 3.39. The minimum atomic E-state index is -4.59. The predicted octanol–water partition coefficient (Wildman–Crippen LogP) is 3.56. The molecule has 0 spiro atoms. The monoisotopic (exact) mass is 366 g/mol. The molecule has 0 unspecified atom stereocenters. The molecular weight excluding hydrogens is 352 g/mol. The average Bonchev–Trinajstić information content (AvgIpc) is 3.22. The fourth-order valence-electron chi connectivity index (χ4n) is 3.39. The van der Waals surface area contributed by atoms with Gasteiger partial charge in [0.05, 0.1) is 5.52 Å². The van der Waals surface area contributed by atoms with Crippen molar-refractivity contribution in [2.45, 2.75) is 26.1 Å². The van der Waals surface area contributed by atoms with Crippen molar-refractivity contribution in [1.29, 1.82) is 0 Å². The molecule has 136 valence electrons. The largest absolute Gasteiger partial charge is 0.432 e.